The molecule has 0 aliphatic heterocycles. The molecule has 19 heavy (non-hydrogen) atoms. The van der Waals surface area contributed by atoms with Crippen molar-refractivity contribution in [2.45, 2.75) is 26.0 Å². The van der Waals surface area contributed by atoms with Gasteiger partial charge in [0.1, 0.15) is 0 Å². The largest absolute Gasteiger partial charge is 0.467 e. The number of aliphatic hydroxyl groups excluding tert-OH is 1. The van der Waals surface area contributed by atoms with Crippen molar-refractivity contribution in [1.82, 2.24) is 4.57 Å². The van der Waals surface area contributed by atoms with Crippen molar-refractivity contribution in [3.63, 3.8) is 0 Å². The molecule has 0 amide bonds. The van der Waals surface area contributed by atoms with E-state index in [0.29, 0.717) is 10.7 Å². The predicted octanol–water partition coefficient (Wildman–Crippen LogP) is 3.08. The highest BCUT2D eigenvalue weighted by molar-refractivity contribution is 6.35. The van der Waals surface area contributed by atoms with Gasteiger partial charge in [-0.15, -0.1) is 0 Å². The van der Waals surface area contributed by atoms with E-state index >= 15 is 0 Å². The second-order valence-electron chi connectivity index (χ2n) is 4.63. The Labute approximate surface area is 116 Å². The van der Waals surface area contributed by atoms with Gasteiger partial charge in [0.15, 0.2) is 6.10 Å². The van der Waals surface area contributed by atoms with Crippen molar-refractivity contribution in [3.05, 3.63) is 35.0 Å². The first kappa shape index (κ1) is 13.9. The maximum atomic E-state index is 11.5. The summed E-state index contributed by atoms with van der Waals surface area (Å²) in [5.74, 6) is -0.680. The lowest BCUT2D eigenvalue weighted by Gasteiger charge is -2.17. The number of rotatable bonds is 3. The van der Waals surface area contributed by atoms with Gasteiger partial charge in [-0.05, 0) is 32.0 Å². The summed E-state index contributed by atoms with van der Waals surface area (Å²) in [5, 5.41) is 11.5. The van der Waals surface area contributed by atoms with Crippen LogP contribution in [0.3, 0.4) is 0 Å². The molecule has 1 aromatic heterocycles. The lowest BCUT2D eigenvalue weighted by atomic mass is 10.2. The summed E-state index contributed by atoms with van der Waals surface area (Å²) < 4.78 is 6.48. The van der Waals surface area contributed by atoms with Gasteiger partial charge in [-0.25, -0.2) is 4.79 Å². The van der Waals surface area contributed by atoms with Gasteiger partial charge in [0, 0.05) is 16.5 Å². The molecule has 0 fully saturated rings. The maximum absolute atomic E-state index is 11.5. The molecule has 0 aliphatic rings. The molecule has 1 unspecified atom stereocenters. The van der Waals surface area contributed by atoms with Crippen LogP contribution in [0.15, 0.2) is 24.3 Å². The number of methoxy groups -OCH3 is 1. The molecular weight excluding hydrogens is 266 g/mol. The average Bonchev–Trinajstić information content (AvgIpc) is 2.77. The van der Waals surface area contributed by atoms with E-state index < -0.39 is 12.1 Å². The molecule has 1 heterocycles. The summed E-state index contributed by atoms with van der Waals surface area (Å²) in [5.41, 5.74) is 1.38. The van der Waals surface area contributed by atoms with Crippen LogP contribution in [0.1, 0.15) is 31.7 Å². The number of aromatic nitrogens is 1. The number of hydrogen-bond acceptors (Lipinski definition) is 3. The van der Waals surface area contributed by atoms with Gasteiger partial charge in [0.05, 0.1) is 18.3 Å². The molecule has 1 atom stereocenters. The quantitative estimate of drug-likeness (QED) is 0.880. The molecule has 1 aromatic carbocycles. The first-order chi connectivity index (χ1) is 8.97. The lowest BCUT2D eigenvalue weighted by molar-refractivity contribution is -0.151. The van der Waals surface area contributed by atoms with Crippen molar-refractivity contribution >= 4 is 28.5 Å². The Bertz CT molecular complexity index is 618. The number of esters is 1. The molecule has 0 saturated carbocycles. The summed E-state index contributed by atoms with van der Waals surface area (Å²) in [6.45, 7) is 3.96. The second-order valence-corrected chi connectivity index (χ2v) is 5.04. The number of benzene rings is 1. The first-order valence-electron chi connectivity index (χ1n) is 6.02. The van der Waals surface area contributed by atoms with Gasteiger partial charge in [0.2, 0.25) is 0 Å². The molecule has 2 rings (SSSR count). The Balaban J connectivity index is 2.70. The molecule has 2 aromatic rings. The van der Waals surface area contributed by atoms with Crippen LogP contribution < -0.4 is 0 Å². The number of hydrogen-bond donors (Lipinski definition) is 1. The van der Waals surface area contributed by atoms with E-state index in [0.717, 1.165) is 10.9 Å². The van der Waals surface area contributed by atoms with E-state index in [1.165, 1.54) is 7.11 Å². The number of carbonyl (C=O) groups is 1. The van der Waals surface area contributed by atoms with Gasteiger partial charge in [0.25, 0.3) is 0 Å². The molecule has 1 N–H and O–H groups in total. The molecule has 0 aliphatic carbocycles. The van der Waals surface area contributed by atoms with Gasteiger partial charge < -0.3 is 14.4 Å². The molecule has 0 saturated heterocycles. The van der Waals surface area contributed by atoms with Crippen LogP contribution in [0, 0.1) is 0 Å². The molecule has 0 radical (unpaired) electrons. The minimum Gasteiger partial charge on any atom is -0.467 e. The second kappa shape index (κ2) is 5.23. The molecular formula is C14H16ClNO3. The Morgan fingerprint density at radius 1 is 1.42 bits per heavy atom. The molecule has 0 spiro atoms. The van der Waals surface area contributed by atoms with Crippen LogP contribution in [0.25, 0.3) is 10.9 Å². The van der Waals surface area contributed by atoms with Crippen molar-refractivity contribution in [3.8, 4) is 0 Å². The number of carbonyl (C=O) groups excluding carboxylic acids is 1. The first-order valence-corrected chi connectivity index (χ1v) is 6.40. The smallest absolute Gasteiger partial charge is 0.340 e. The van der Waals surface area contributed by atoms with Crippen molar-refractivity contribution in [2.75, 3.05) is 7.11 Å². The van der Waals surface area contributed by atoms with Crippen LogP contribution in [-0.2, 0) is 9.53 Å². The van der Waals surface area contributed by atoms with Crippen molar-refractivity contribution in [1.29, 1.82) is 0 Å². The third-order valence-corrected chi connectivity index (χ3v) is 3.41. The summed E-state index contributed by atoms with van der Waals surface area (Å²) >= 11 is 6.15. The molecule has 0 bridgehead atoms. The van der Waals surface area contributed by atoms with E-state index in [-0.39, 0.29) is 6.04 Å². The Morgan fingerprint density at radius 2 is 2.11 bits per heavy atom. The fourth-order valence-electron chi connectivity index (χ4n) is 2.25. The highest BCUT2D eigenvalue weighted by Crippen LogP contribution is 2.32. The van der Waals surface area contributed by atoms with E-state index in [1.807, 2.05) is 30.5 Å². The highest BCUT2D eigenvalue weighted by Gasteiger charge is 2.25. The number of aliphatic hydroxyl groups is 1. The Hall–Kier alpha value is -1.52. The minimum absolute atomic E-state index is 0.0882. The Kier molecular flexibility index (Phi) is 3.83. The van der Waals surface area contributed by atoms with Crippen LogP contribution >= 0.6 is 11.6 Å². The van der Waals surface area contributed by atoms with Crippen molar-refractivity contribution < 1.29 is 14.6 Å². The fourth-order valence-corrected chi connectivity index (χ4v) is 2.48. The number of ether oxygens (including phenoxy) is 1. The maximum Gasteiger partial charge on any atom is 0.340 e. The molecule has 4 nitrogen and oxygen atoms in total. The van der Waals surface area contributed by atoms with Gasteiger partial charge in [-0.3, -0.25) is 0 Å². The van der Waals surface area contributed by atoms with E-state index in [4.69, 9.17) is 11.6 Å². The lowest BCUT2D eigenvalue weighted by Crippen LogP contribution is -2.18. The van der Waals surface area contributed by atoms with Crippen LogP contribution in [0.5, 0.6) is 0 Å². The standard InChI is InChI=1S/C14H16ClNO3/c1-8(2)16-11-6-4-5-10(15)9(11)7-12(16)13(17)14(18)19-3/h4-8,13,17H,1-3H3. The van der Waals surface area contributed by atoms with Gasteiger partial charge >= 0.3 is 5.97 Å². The topological polar surface area (TPSA) is 51.5 Å². The molecule has 102 valence electrons. The van der Waals surface area contributed by atoms with E-state index in [2.05, 4.69) is 4.74 Å². The third-order valence-electron chi connectivity index (χ3n) is 3.08. The normalized spacial score (nSPS) is 12.9. The van der Waals surface area contributed by atoms with E-state index in [1.54, 1.807) is 12.1 Å². The monoisotopic (exact) mass is 281 g/mol. The fraction of sp³-hybridized carbons (Fsp3) is 0.357. The summed E-state index contributed by atoms with van der Waals surface area (Å²) in [6.07, 6.45) is -1.31. The number of nitrogens with zero attached hydrogens (tertiary/aromatic N) is 1. The van der Waals surface area contributed by atoms with Crippen LogP contribution in [0.2, 0.25) is 5.02 Å². The summed E-state index contributed by atoms with van der Waals surface area (Å²) in [6, 6.07) is 7.36. The summed E-state index contributed by atoms with van der Waals surface area (Å²) in [4.78, 5) is 11.5. The van der Waals surface area contributed by atoms with Gasteiger partial charge in [-0.1, -0.05) is 17.7 Å². The predicted molar refractivity (Wildman–Crippen MR) is 74.3 cm³/mol. The zero-order valence-electron chi connectivity index (χ0n) is 11.1. The number of halogens is 1. The summed E-state index contributed by atoms with van der Waals surface area (Å²) in [7, 11) is 1.25. The highest BCUT2D eigenvalue weighted by atomic mass is 35.5. The van der Waals surface area contributed by atoms with Crippen molar-refractivity contribution in [2.24, 2.45) is 0 Å². The van der Waals surface area contributed by atoms with Crippen LogP contribution in [-0.4, -0.2) is 22.8 Å². The average molecular weight is 282 g/mol. The third kappa shape index (κ3) is 2.33. The van der Waals surface area contributed by atoms with Gasteiger partial charge in [-0.2, -0.15) is 0 Å². The molecule has 5 heteroatoms. The van der Waals surface area contributed by atoms with Crippen LogP contribution in [0.4, 0.5) is 0 Å². The zero-order valence-corrected chi connectivity index (χ0v) is 11.8. The van der Waals surface area contributed by atoms with E-state index in [9.17, 15) is 9.90 Å². The Morgan fingerprint density at radius 3 is 2.68 bits per heavy atom. The minimum atomic E-state index is -1.31. The zero-order chi connectivity index (χ0) is 14.2. The number of fused-ring (bicyclic) bond motifs is 1. The SMILES string of the molecule is COC(=O)C(O)c1cc2c(Cl)cccc2n1C(C)C.